The van der Waals surface area contributed by atoms with Crippen LogP contribution in [0, 0.1) is 0 Å². The van der Waals surface area contributed by atoms with Gasteiger partial charge in [0.25, 0.3) is 0 Å². The summed E-state index contributed by atoms with van der Waals surface area (Å²) < 4.78 is 33.8. The van der Waals surface area contributed by atoms with Crippen molar-refractivity contribution in [2.45, 2.75) is 19.8 Å². The highest BCUT2D eigenvalue weighted by Crippen LogP contribution is 2.16. The van der Waals surface area contributed by atoms with Crippen LogP contribution >= 0.6 is 10.8 Å². The van der Waals surface area contributed by atoms with Crippen molar-refractivity contribution in [1.82, 2.24) is 0 Å². The van der Waals surface area contributed by atoms with Crippen LogP contribution in [-0.2, 0) is 20.0 Å². The van der Waals surface area contributed by atoms with Crippen molar-refractivity contribution < 1.29 is 13.0 Å². The minimum absolute atomic E-state index is 0.0130. The van der Waals surface area contributed by atoms with Gasteiger partial charge in [-0.1, -0.05) is 25.5 Å². The lowest BCUT2D eigenvalue weighted by Crippen LogP contribution is -2.07. The zero-order valence-electron chi connectivity index (χ0n) is 9.42. The fourth-order valence-corrected chi connectivity index (χ4v) is 4.02. The Bertz CT molecular complexity index is 309. The Hall–Kier alpha value is 0.0900. The zero-order valence-corrected chi connectivity index (χ0v) is 11.9. The van der Waals surface area contributed by atoms with Gasteiger partial charge in [0.15, 0.2) is 9.84 Å². The summed E-state index contributed by atoms with van der Waals surface area (Å²) in [5.41, 5.74) is 0. The van der Waals surface area contributed by atoms with Crippen LogP contribution in [0.3, 0.4) is 0 Å². The Balaban J connectivity index is 3.81. The van der Waals surface area contributed by atoms with E-state index in [4.69, 9.17) is 0 Å². The van der Waals surface area contributed by atoms with Crippen molar-refractivity contribution in [1.29, 1.82) is 0 Å². The Labute approximate surface area is 105 Å². The highest BCUT2D eigenvalue weighted by atomic mass is 33.1. The molecule has 0 radical (unpaired) electrons. The summed E-state index contributed by atoms with van der Waals surface area (Å²) in [5, 5.41) is 1.60. The van der Waals surface area contributed by atoms with E-state index in [1.54, 1.807) is 5.41 Å². The van der Waals surface area contributed by atoms with Crippen molar-refractivity contribution >= 4 is 30.8 Å². The molecule has 0 spiro atoms. The molecule has 3 nitrogen and oxygen atoms in total. The summed E-state index contributed by atoms with van der Waals surface area (Å²) >= 11 is 0. The van der Waals surface area contributed by atoms with Gasteiger partial charge in [-0.05, 0) is 6.42 Å². The third-order valence-corrected chi connectivity index (χ3v) is 5.71. The maximum absolute atomic E-state index is 11.3. The smallest absolute Gasteiger partial charge is 0.157 e. The number of hydrogen-bond donors (Lipinski definition) is 0. The highest BCUT2D eigenvalue weighted by molar-refractivity contribution is 8.73. The summed E-state index contributed by atoms with van der Waals surface area (Å²) in [4.78, 5) is 0. The predicted octanol–water partition coefficient (Wildman–Crippen LogP) is 2.30. The lowest BCUT2D eigenvalue weighted by molar-refractivity contribution is 0.601. The maximum atomic E-state index is 11.3. The molecule has 0 amide bonds. The summed E-state index contributed by atoms with van der Waals surface area (Å²) in [6.45, 7) is 5.42. The van der Waals surface area contributed by atoms with Crippen LogP contribution in [0.25, 0.3) is 0 Å². The molecule has 0 aromatic heterocycles. The Kier molecular flexibility index (Phi) is 9.21. The van der Waals surface area contributed by atoms with Gasteiger partial charge in [0.1, 0.15) is 16.5 Å². The Morgan fingerprint density at radius 3 is 2.69 bits per heavy atom. The molecule has 16 heavy (non-hydrogen) atoms. The van der Waals surface area contributed by atoms with E-state index in [1.165, 1.54) is 22.9 Å². The van der Waals surface area contributed by atoms with Crippen LogP contribution in [0.15, 0.2) is 24.1 Å². The van der Waals surface area contributed by atoms with E-state index in [0.29, 0.717) is 5.75 Å². The monoisotopic (exact) mass is 282 g/mol. The summed E-state index contributed by atoms with van der Waals surface area (Å²) in [5.74, 6) is 0.628. The second-order valence-corrected chi connectivity index (χ2v) is 8.52. The molecule has 0 saturated carbocycles. The average molecular weight is 282 g/mol. The molecule has 1 unspecified atom stereocenters. The molecule has 0 aromatic carbocycles. The lowest BCUT2D eigenvalue weighted by Gasteiger charge is -2.04. The van der Waals surface area contributed by atoms with E-state index >= 15 is 0 Å². The zero-order chi connectivity index (χ0) is 12.4. The molecule has 0 fully saturated rings. The topological polar surface area (TPSA) is 57.2 Å². The minimum Gasteiger partial charge on any atom is -0.605 e. The van der Waals surface area contributed by atoms with E-state index < -0.39 is 20.0 Å². The van der Waals surface area contributed by atoms with E-state index in [1.807, 2.05) is 6.92 Å². The van der Waals surface area contributed by atoms with Gasteiger partial charge in [-0.3, -0.25) is 0 Å². The molecule has 0 aliphatic carbocycles. The normalized spacial score (nSPS) is 14.1. The molecule has 0 heterocycles. The van der Waals surface area contributed by atoms with Gasteiger partial charge >= 0.3 is 0 Å². The second kappa shape index (κ2) is 9.15. The average Bonchev–Trinajstić information content (AvgIpc) is 2.21. The molecular formula is C10H18O3S3. The highest BCUT2D eigenvalue weighted by Gasteiger charge is 2.07. The van der Waals surface area contributed by atoms with Crippen molar-refractivity contribution in [2.75, 3.05) is 17.3 Å². The first-order valence-corrected chi connectivity index (χ1v) is 9.57. The van der Waals surface area contributed by atoms with E-state index in [9.17, 15) is 13.0 Å². The first-order chi connectivity index (χ1) is 7.52. The van der Waals surface area contributed by atoms with Gasteiger partial charge in [0.05, 0.1) is 11.5 Å². The molecule has 0 bridgehead atoms. The fraction of sp³-hybridized carbons (Fsp3) is 0.600. The van der Waals surface area contributed by atoms with E-state index in [0.717, 1.165) is 12.8 Å². The van der Waals surface area contributed by atoms with Crippen molar-refractivity contribution in [3.63, 3.8) is 0 Å². The summed E-state index contributed by atoms with van der Waals surface area (Å²) in [6.07, 6.45) is 4.86. The standard InChI is InChI=1S/C10H18O3S3/c1-3-5-8-15(11)14-7-6-10-16(12,13)9-4-2/h4,6-7H,2-3,5,8-10H2,1H3/b7-6+. The number of hydrogen-bond acceptors (Lipinski definition) is 4. The number of sulfone groups is 1. The van der Waals surface area contributed by atoms with Crippen molar-refractivity contribution in [3.05, 3.63) is 24.1 Å². The van der Waals surface area contributed by atoms with Gasteiger partial charge < -0.3 is 4.55 Å². The number of unbranched alkanes of at least 4 members (excludes halogenated alkanes) is 1. The quantitative estimate of drug-likeness (QED) is 0.370. The van der Waals surface area contributed by atoms with Crippen LogP contribution in [0.2, 0.25) is 0 Å². The van der Waals surface area contributed by atoms with Gasteiger partial charge in [0, 0.05) is 15.6 Å². The molecule has 6 heteroatoms. The minimum atomic E-state index is -3.06. The molecule has 1 atom stereocenters. The van der Waals surface area contributed by atoms with Gasteiger partial charge in [-0.15, -0.1) is 6.58 Å². The molecule has 0 rings (SSSR count). The summed E-state index contributed by atoms with van der Waals surface area (Å²) in [7, 11) is -2.82. The summed E-state index contributed by atoms with van der Waals surface area (Å²) in [6, 6.07) is 0. The Morgan fingerprint density at radius 2 is 2.12 bits per heavy atom. The predicted molar refractivity (Wildman–Crippen MR) is 73.5 cm³/mol. The largest absolute Gasteiger partial charge is 0.605 e. The van der Waals surface area contributed by atoms with Gasteiger partial charge in [0.2, 0.25) is 0 Å². The first kappa shape index (κ1) is 16.1. The first-order valence-electron chi connectivity index (χ1n) is 5.03. The van der Waals surface area contributed by atoms with Gasteiger partial charge in [-0.2, -0.15) is 0 Å². The van der Waals surface area contributed by atoms with Crippen LogP contribution in [0.1, 0.15) is 19.8 Å². The molecule has 94 valence electrons. The van der Waals surface area contributed by atoms with Crippen LogP contribution in [0.4, 0.5) is 0 Å². The molecule has 0 N–H and O–H groups in total. The van der Waals surface area contributed by atoms with E-state index in [2.05, 4.69) is 6.58 Å². The van der Waals surface area contributed by atoms with Crippen molar-refractivity contribution in [3.8, 4) is 0 Å². The Morgan fingerprint density at radius 1 is 1.44 bits per heavy atom. The lowest BCUT2D eigenvalue weighted by atomic mass is 10.4. The SMILES string of the molecule is C=CCS(=O)(=O)C/C=C/S[S+]([O-])CCCC. The van der Waals surface area contributed by atoms with Crippen LogP contribution in [-0.4, -0.2) is 30.2 Å². The maximum Gasteiger partial charge on any atom is 0.157 e. The third-order valence-electron chi connectivity index (χ3n) is 1.65. The van der Waals surface area contributed by atoms with Crippen LogP contribution < -0.4 is 0 Å². The molecule has 0 aliphatic heterocycles. The molecule has 0 aliphatic rings. The molecule has 0 saturated heterocycles. The number of rotatable bonds is 9. The molecular weight excluding hydrogens is 264 g/mol. The van der Waals surface area contributed by atoms with Crippen LogP contribution in [0.5, 0.6) is 0 Å². The second-order valence-electron chi connectivity index (χ2n) is 3.20. The fourth-order valence-electron chi connectivity index (χ4n) is 0.845. The van der Waals surface area contributed by atoms with E-state index in [-0.39, 0.29) is 11.5 Å². The van der Waals surface area contributed by atoms with Crippen molar-refractivity contribution in [2.24, 2.45) is 0 Å². The van der Waals surface area contributed by atoms with Gasteiger partial charge in [-0.25, -0.2) is 8.42 Å². The molecule has 0 aromatic rings. The third kappa shape index (κ3) is 9.33.